The minimum atomic E-state index is -0.443. The Balaban J connectivity index is 1.47. The molecule has 2 aliphatic heterocycles. The first-order chi connectivity index (χ1) is 15.5. The summed E-state index contributed by atoms with van der Waals surface area (Å²) in [5.41, 5.74) is 7.77. The van der Waals surface area contributed by atoms with Gasteiger partial charge < -0.3 is 20.9 Å². The molecule has 5 rings (SSSR count). The Labute approximate surface area is 184 Å². The molecular weight excluding hydrogens is 414 g/mol. The second-order valence-corrected chi connectivity index (χ2v) is 8.37. The van der Waals surface area contributed by atoms with Crippen molar-refractivity contribution in [3.63, 3.8) is 0 Å². The first-order valence-corrected chi connectivity index (χ1v) is 10.9. The summed E-state index contributed by atoms with van der Waals surface area (Å²) in [5.74, 6) is 0.259. The molecule has 2 aromatic heterocycles. The molecular formula is C22H26F2N8. The van der Waals surface area contributed by atoms with E-state index in [1.807, 2.05) is 15.9 Å². The van der Waals surface area contributed by atoms with Crippen molar-refractivity contribution in [2.45, 2.75) is 31.8 Å². The number of halogens is 2. The lowest BCUT2D eigenvalue weighted by atomic mass is 10.0. The van der Waals surface area contributed by atoms with Crippen LogP contribution in [0.15, 0.2) is 41.7 Å². The van der Waals surface area contributed by atoms with Crippen LogP contribution >= 0.6 is 0 Å². The zero-order valence-electron chi connectivity index (χ0n) is 17.9. The number of anilines is 1. The minimum Gasteiger partial charge on any atom is -0.369 e. The second kappa shape index (κ2) is 8.34. The molecule has 0 radical (unpaired) electrons. The van der Waals surface area contributed by atoms with Gasteiger partial charge in [-0.1, -0.05) is 0 Å². The highest BCUT2D eigenvalue weighted by atomic mass is 19.1. The number of piperazine rings is 1. The molecule has 0 spiro atoms. The van der Waals surface area contributed by atoms with E-state index in [1.165, 1.54) is 12.1 Å². The van der Waals surface area contributed by atoms with E-state index in [4.69, 9.17) is 10.7 Å². The fourth-order valence-electron chi connectivity index (χ4n) is 4.55. The fraction of sp³-hybridized carbons (Fsp3) is 0.409. The number of benzene rings is 1. The summed E-state index contributed by atoms with van der Waals surface area (Å²) in [7, 11) is 0. The molecule has 32 heavy (non-hydrogen) atoms. The molecule has 2 atom stereocenters. The Morgan fingerprint density at radius 1 is 1.25 bits per heavy atom. The lowest BCUT2D eigenvalue weighted by molar-refractivity contribution is 0.301. The Kier molecular flexibility index (Phi) is 5.38. The first-order valence-electron chi connectivity index (χ1n) is 10.9. The molecule has 0 amide bonds. The number of nitrogens with two attached hydrogens (primary N) is 1. The van der Waals surface area contributed by atoms with Gasteiger partial charge in [-0.25, -0.2) is 23.3 Å². The quantitative estimate of drug-likeness (QED) is 0.481. The Morgan fingerprint density at radius 2 is 2.12 bits per heavy atom. The van der Waals surface area contributed by atoms with Gasteiger partial charge in [-0.3, -0.25) is 0 Å². The molecule has 0 saturated carbocycles. The van der Waals surface area contributed by atoms with E-state index in [2.05, 4.69) is 22.3 Å². The van der Waals surface area contributed by atoms with Crippen molar-refractivity contribution in [1.82, 2.24) is 24.8 Å². The van der Waals surface area contributed by atoms with Crippen LogP contribution < -0.4 is 16.0 Å². The standard InChI is InChI=1S/C22H26F2N8/c1-14-13-30(10-7-26-14)22(25)28-18-12-27-32-9-6-20(29-21(18)32)31-8-2-3-19(31)16-11-15(23)4-5-17(16)24/h4-6,9,11-12,14,19,26H,2-3,7-8,10,13H2,1H3,(H2,25,28)/t14-,19+/m0/s1. The summed E-state index contributed by atoms with van der Waals surface area (Å²) < 4.78 is 29.9. The van der Waals surface area contributed by atoms with Crippen LogP contribution in [0.1, 0.15) is 31.4 Å². The highest BCUT2D eigenvalue weighted by Gasteiger charge is 2.30. The maximum atomic E-state index is 14.5. The zero-order valence-corrected chi connectivity index (χ0v) is 17.9. The van der Waals surface area contributed by atoms with Gasteiger partial charge in [-0.2, -0.15) is 5.10 Å². The maximum absolute atomic E-state index is 14.5. The molecule has 4 heterocycles. The van der Waals surface area contributed by atoms with Crippen LogP contribution in [0.5, 0.6) is 0 Å². The molecule has 1 aromatic carbocycles. The van der Waals surface area contributed by atoms with E-state index in [0.717, 1.165) is 38.5 Å². The van der Waals surface area contributed by atoms with Crippen LogP contribution in [0.25, 0.3) is 5.65 Å². The molecule has 8 nitrogen and oxygen atoms in total. The maximum Gasteiger partial charge on any atom is 0.196 e. The number of fused-ring (bicyclic) bond motifs is 1. The molecule has 2 fully saturated rings. The van der Waals surface area contributed by atoms with Crippen LogP contribution in [0.2, 0.25) is 0 Å². The molecule has 0 aliphatic carbocycles. The normalized spacial score (nSPS) is 22.2. The largest absolute Gasteiger partial charge is 0.369 e. The lowest BCUT2D eigenvalue weighted by Crippen LogP contribution is -2.53. The smallest absolute Gasteiger partial charge is 0.196 e. The van der Waals surface area contributed by atoms with Crippen molar-refractivity contribution in [3.8, 4) is 0 Å². The van der Waals surface area contributed by atoms with Gasteiger partial charge in [0.15, 0.2) is 11.6 Å². The Morgan fingerprint density at radius 3 is 2.97 bits per heavy atom. The second-order valence-electron chi connectivity index (χ2n) is 8.37. The van der Waals surface area contributed by atoms with Gasteiger partial charge in [0.1, 0.15) is 23.1 Å². The summed E-state index contributed by atoms with van der Waals surface area (Å²) in [4.78, 5) is 13.4. The third-order valence-corrected chi connectivity index (χ3v) is 6.13. The minimum absolute atomic E-state index is 0.275. The number of nitrogens with one attached hydrogen (secondary N) is 1. The predicted octanol–water partition coefficient (Wildman–Crippen LogP) is 2.59. The molecule has 3 aromatic rings. The third kappa shape index (κ3) is 3.86. The van der Waals surface area contributed by atoms with Crippen LogP contribution in [0, 0.1) is 11.6 Å². The van der Waals surface area contributed by atoms with E-state index < -0.39 is 11.6 Å². The van der Waals surface area contributed by atoms with Crippen molar-refractivity contribution in [1.29, 1.82) is 0 Å². The monoisotopic (exact) mass is 440 g/mol. The average molecular weight is 441 g/mol. The van der Waals surface area contributed by atoms with E-state index in [-0.39, 0.29) is 6.04 Å². The Bertz CT molecular complexity index is 1160. The van der Waals surface area contributed by atoms with Gasteiger partial charge in [0.2, 0.25) is 0 Å². The van der Waals surface area contributed by atoms with Crippen LogP contribution in [-0.2, 0) is 0 Å². The fourth-order valence-corrected chi connectivity index (χ4v) is 4.55. The molecule has 168 valence electrons. The van der Waals surface area contributed by atoms with E-state index in [0.29, 0.717) is 41.3 Å². The first kappa shape index (κ1) is 20.6. The van der Waals surface area contributed by atoms with Gasteiger partial charge in [-0.05, 0) is 44.0 Å². The molecule has 10 heteroatoms. The average Bonchev–Trinajstić information content (AvgIpc) is 3.42. The van der Waals surface area contributed by atoms with Gasteiger partial charge in [0, 0.05) is 44.0 Å². The number of nitrogens with zero attached hydrogens (tertiary/aromatic N) is 6. The summed E-state index contributed by atoms with van der Waals surface area (Å²) in [6.45, 7) is 5.23. The third-order valence-electron chi connectivity index (χ3n) is 6.13. The number of aliphatic imine (C=N–C) groups is 1. The van der Waals surface area contributed by atoms with Gasteiger partial charge in [0.25, 0.3) is 0 Å². The van der Waals surface area contributed by atoms with Crippen molar-refractivity contribution in [2.75, 3.05) is 31.1 Å². The van der Waals surface area contributed by atoms with Crippen LogP contribution in [-0.4, -0.2) is 57.7 Å². The number of hydrogen-bond acceptors (Lipinski definition) is 5. The molecule has 2 aliphatic rings. The van der Waals surface area contributed by atoms with Gasteiger partial charge in [-0.15, -0.1) is 0 Å². The summed E-state index contributed by atoms with van der Waals surface area (Å²) in [5, 5.41) is 7.72. The molecule has 0 bridgehead atoms. The number of hydrogen-bond donors (Lipinski definition) is 2. The summed E-state index contributed by atoms with van der Waals surface area (Å²) >= 11 is 0. The van der Waals surface area contributed by atoms with Crippen molar-refractivity contribution in [2.24, 2.45) is 10.7 Å². The topological polar surface area (TPSA) is 87.1 Å². The van der Waals surface area contributed by atoms with Crippen molar-refractivity contribution < 1.29 is 8.78 Å². The predicted molar refractivity (Wildman–Crippen MR) is 119 cm³/mol. The van der Waals surface area contributed by atoms with Crippen molar-refractivity contribution >= 4 is 23.1 Å². The Hall–Kier alpha value is -3.27. The highest BCUT2D eigenvalue weighted by Crippen LogP contribution is 2.37. The molecule has 3 N–H and O–H groups in total. The zero-order chi connectivity index (χ0) is 22.2. The summed E-state index contributed by atoms with van der Waals surface area (Å²) in [6.07, 6.45) is 5.03. The van der Waals surface area contributed by atoms with Crippen LogP contribution in [0.4, 0.5) is 20.3 Å². The van der Waals surface area contributed by atoms with E-state index in [1.54, 1.807) is 16.9 Å². The van der Waals surface area contributed by atoms with Crippen LogP contribution in [0.3, 0.4) is 0 Å². The number of rotatable bonds is 3. The molecule has 2 saturated heterocycles. The summed E-state index contributed by atoms with van der Waals surface area (Å²) in [6, 6.07) is 5.50. The van der Waals surface area contributed by atoms with Gasteiger partial charge in [0.05, 0.1) is 12.2 Å². The number of guanidine groups is 1. The SMILES string of the molecule is C[C@H]1CN(C(N)=Nc2cnn3ccc(N4CCC[C@@H]4c4cc(F)ccc4F)nc23)CCN1. The lowest BCUT2D eigenvalue weighted by Gasteiger charge is -2.32. The van der Waals surface area contributed by atoms with E-state index >= 15 is 0 Å². The molecule has 0 unspecified atom stereocenters. The van der Waals surface area contributed by atoms with E-state index in [9.17, 15) is 8.78 Å². The van der Waals surface area contributed by atoms with Gasteiger partial charge >= 0.3 is 0 Å². The highest BCUT2D eigenvalue weighted by molar-refractivity contribution is 5.84. The number of aromatic nitrogens is 3. The van der Waals surface area contributed by atoms with Crippen molar-refractivity contribution in [3.05, 3.63) is 53.9 Å².